The number of methoxy groups -OCH3 is 1. The molecule has 0 aliphatic heterocycles. The number of rotatable bonds is 10. The van der Waals surface area contributed by atoms with Gasteiger partial charge in [-0.3, -0.25) is 4.79 Å². The quantitative estimate of drug-likeness (QED) is 0.291. The van der Waals surface area contributed by atoms with Crippen LogP contribution in [-0.2, 0) is 14.9 Å². The Bertz CT molecular complexity index is 1280. The van der Waals surface area contributed by atoms with E-state index in [0.717, 1.165) is 33.8 Å². The number of benzene rings is 2. The largest absolute Gasteiger partial charge is 0.383 e. The van der Waals surface area contributed by atoms with Crippen LogP contribution in [0, 0.1) is 6.92 Å². The summed E-state index contributed by atoms with van der Waals surface area (Å²) in [5, 5.41) is 10.9. The smallest absolute Gasteiger partial charge is 0.322 e. The molecule has 0 saturated heterocycles. The highest BCUT2D eigenvalue weighted by molar-refractivity contribution is 5.97. The molecule has 0 bridgehead atoms. The average Bonchev–Trinajstić information content (AvgIpc) is 3.31. The van der Waals surface area contributed by atoms with Crippen LogP contribution in [0.15, 0.2) is 48.5 Å². The Balaban J connectivity index is 1.87. The van der Waals surface area contributed by atoms with Gasteiger partial charge >= 0.3 is 6.03 Å². The summed E-state index contributed by atoms with van der Waals surface area (Å²) in [5.41, 5.74) is 5.56. The first kappa shape index (κ1) is 30.9. The third-order valence-corrected chi connectivity index (χ3v) is 6.82. The van der Waals surface area contributed by atoms with Crippen LogP contribution in [-0.4, -0.2) is 53.4 Å². The van der Waals surface area contributed by atoms with Gasteiger partial charge in [-0.1, -0.05) is 84.4 Å². The van der Waals surface area contributed by atoms with Crippen molar-refractivity contribution in [2.45, 2.75) is 72.6 Å². The normalized spacial score (nSPS) is 11.7. The minimum absolute atomic E-state index is 0.139. The molecular formula is C32H45N5O3. The molecule has 0 atom stereocenters. The third-order valence-electron chi connectivity index (χ3n) is 6.82. The molecule has 3 rings (SSSR count). The predicted octanol–water partition coefficient (Wildman–Crippen LogP) is 6.84. The number of carbonyl (C=O) groups is 2. The Hall–Kier alpha value is -3.65. The summed E-state index contributed by atoms with van der Waals surface area (Å²) in [6, 6.07) is 15.6. The summed E-state index contributed by atoms with van der Waals surface area (Å²) in [6.45, 7) is 17.1. The van der Waals surface area contributed by atoms with E-state index in [2.05, 4.69) is 59.1 Å². The number of para-hydroxylation sites is 1. The van der Waals surface area contributed by atoms with Crippen LogP contribution in [0.25, 0.3) is 5.69 Å². The summed E-state index contributed by atoms with van der Waals surface area (Å²) in [5.74, 6) is 0.687. The molecule has 216 valence electrons. The van der Waals surface area contributed by atoms with Gasteiger partial charge in [0.1, 0.15) is 12.4 Å². The molecule has 0 radical (unpaired) electrons. The van der Waals surface area contributed by atoms with E-state index in [9.17, 15) is 9.59 Å². The highest BCUT2D eigenvalue weighted by Gasteiger charge is 2.24. The van der Waals surface area contributed by atoms with Crippen LogP contribution in [0.3, 0.4) is 0 Å². The number of amides is 3. The average molecular weight is 548 g/mol. The van der Waals surface area contributed by atoms with E-state index in [4.69, 9.17) is 9.84 Å². The molecule has 3 aromatic rings. The number of anilines is 2. The van der Waals surface area contributed by atoms with Crippen LogP contribution in [0.2, 0.25) is 0 Å². The van der Waals surface area contributed by atoms with Crippen LogP contribution in [0.5, 0.6) is 0 Å². The van der Waals surface area contributed by atoms with Crippen molar-refractivity contribution in [3.05, 3.63) is 70.9 Å². The number of nitrogens with zero attached hydrogens (tertiary/aromatic N) is 3. The zero-order valence-corrected chi connectivity index (χ0v) is 25.5. The van der Waals surface area contributed by atoms with E-state index in [0.29, 0.717) is 12.4 Å². The molecule has 0 saturated carbocycles. The van der Waals surface area contributed by atoms with Crippen molar-refractivity contribution < 1.29 is 14.3 Å². The van der Waals surface area contributed by atoms with Crippen molar-refractivity contribution in [1.82, 2.24) is 14.7 Å². The number of aromatic nitrogens is 2. The molecule has 1 aromatic heterocycles. The molecule has 2 N–H and O–H groups in total. The Labute approximate surface area is 239 Å². The van der Waals surface area contributed by atoms with Crippen LogP contribution < -0.4 is 10.6 Å². The zero-order chi connectivity index (χ0) is 29.6. The number of urea groups is 1. The van der Waals surface area contributed by atoms with Gasteiger partial charge < -0.3 is 20.3 Å². The van der Waals surface area contributed by atoms with E-state index in [1.54, 1.807) is 11.8 Å². The zero-order valence-electron chi connectivity index (χ0n) is 25.5. The monoisotopic (exact) mass is 547 g/mol. The maximum atomic E-state index is 13.6. The lowest BCUT2D eigenvalue weighted by Gasteiger charge is -2.26. The number of ether oxygens (including phenoxy) is 1. The fourth-order valence-electron chi connectivity index (χ4n) is 4.41. The number of nitrogens with one attached hydrogen (secondary N) is 2. The molecule has 40 heavy (non-hydrogen) atoms. The van der Waals surface area contributed by atoms with Gasteiger partial charge in [0, 0.05) is 30.8 Å². The molecule has 0 aliphatic carbocycles. The minimum Gasteiger partial charge on any atom is -0.383 e. The molecule has 2 aromatic carbocycles. The number of hydrogen-bond acceptors (Lipinski definition) is 4. The molecular weight excluding hydrogens is 502 g/mol. The molecule has 8 nitrogen and oxygen atoms in total. The van der Waals surface area contributed by atoms with E-state index in [1.165, 1.54) is 4.90 Å². The maximum Gasteiger partial charge on any atom is 0.322 e. The number of hydrogen-bond donors (Lipinski definition) is 2. The van der Waals surface area contributed by atoms with Crippen molar-refractivity contribution in [2.24, 2.45) is 0 Å². The summed E-state index contributed by atoms with van der Waals surface area (Å²) in [4.78, 5) is 28.4. The van der Waals surface area contributed by atoms with Gasteiger partial charge in [-0.05, 0) is 42.0 Å². The molecule has 0 unspecified atom stereocenters. The second-order valence-electron chi connectivity index (χ2n) is 11.9. The first-order valence-electron chi connectivity index (χ1n) is 14.0. The van der Waals surface area contributed by atoms with Crippen LogP contribution >= 0.6 is 0 Å². The van der Waals surface area contributed by atoms with Gasteiger partial charge in [0.05, 0.1) is 18.0 Å². The van der Waals surface area contributed by atoms with Gasteiger partial charge in [-0.15, -0.1) is 0 Å². The highest BCUT2D eigenvalue weighted by Crippen LogP contribution is 2.32. The highest BCUT2D eigenvalue weighted by atomic mass is 16.5. The summed E-state index contributed by atoms with van der Waals surface area (Å²) >= 11 is 0. The molecule has 0 aliphatic rings. The van der Waals surface area contributed by atoms with Gasteiger partial charge in [0.15, 0.2) is 0 Å². The van der Waals surface area contributed by atoms with Crippen molar-refractivity contribution in [1.29, 1.82) is 0 Å². The Morgan fingerprint density at radius 3 is 2.10 bits per heavy atom. The third kappa shape index (κ3) is 7.72. The molecule has 0 spiro atoms. The molecule has 1 heterocycles. The Kier molecular flexibility index (Phi) is 10.1. The lowest BCUT2D eigenvalue weighted by atomic mass is 9.92. The second kappa shape index (κ2) is 13.1. The topological polar surface area (TPSA) is 88.5 Å². The van der Waals surface area contributed by atoms with E-state index in [1.807, 2.05) is 55.5 Å². The van der Waals surface area contributed by atoms with Crippen molar-refractivity contribution >= 4 is 23.4 Å². The molecule has 8 heteroatoms. The summed E-state index contributed by atoms with van der Waals surface area (Å²) in [7, 11) is 1.58. The molecule has 3 amide bonds. The van der Waals surface area contributed by atoms with Crippen molar-refractivity contribution in [3.63, 3.8) is 0 Å². The standard InChI is InChI=1S/C32H45N5O3/c1-21(2)25-11-10-12-26(22(3)4)30(25)34-31(39)36(17-18-40-9)20-29(38)33-28-19-27(32(6,7)8)35-37(28)24-15-13-23(5)14-16-24/h10-16,19,21-22H,17-18,20H2,1-9H3,(H,33,38)(H,34,39). The van der Waals surface area contributed by atoms with Crippen molar-refractivity contribution in [3.8, 4) is 5.69 Å². The fraction of sp³-hybridized carbons (Fsp3) is 0.469. The van der Waals surface area contributed by atoms with Crippen molar-refractivity contribution in [2.75, 3.05) is 37.4 Å². The SMILES string of the molecule is COCCN(CC(=O)Nc1cc(C(C)(C)C)nn1-c1ccc(C)cc1)C(=O)Nc1c(C(C)C)cccc1C(C)C. The van der Waals surface area contributed by atoms with Crippen LogP contribution in [0.1, 0.15) is 82.7 Å². The summed E-state index contributed by atoms with van der Waals surface area (Å²) in [6.07, 6.45) is 0. The first-order chi connectivity index (χ1) is 18.8. The summed E-state index contributed by atoms with van der Waals surface area (Å²) < 4.78 is 7.00. The lowest BCUT2D eigenvalue weighted by molar-refractivity contribution is -0.116. The van der Waals surface area contributed by atoms with E-state index >= 15 is 0 Å². The van der Waals surface area contributed by atoms with Gasteiger partial charge in [-0.25, -0.2) is 9.48 Å². The lowest BCUT2D eigenvalue weighted by Crippen LogP contribution is -2.42. The fourth-order valence-corrected chi connectivity index (χ4v) is 4.41. The van der Waals surface area contributed by atoms with Gasteiger partial charge in [0.25, 0.3) is 0 Å². The van der Waals surface area contributed by atoms with E-state index < -0.39 is 0 Å². The van der Waals surface area contributed by atoms with E-state index in [-0.39, 0.29) is 42.3 Å². The Morgan fingerprint density at radius 1 is 0.975 bits per heavy atom. The minimum atomic E-state index is -0.343. The predicted molar refractivity (Wildman–Crippen MR) is 163 cm³/mol. The first-order valence-corrected chi connectivity index (χ1v) is 14.0. The number of aryl methyl sites for hydroxylation is 1. The van der Waals surface area contributed by atoms with Crippen LogP contribution in [0.4, 0.5) is 16.3 Å². The van der Waals surface area contributed by atoms with Gasteiger partial charge in [0.2, 0.25) is 5.91 Å². The maximum absolute atomic E-state index is 13.6. The number of carbonyl (C=O) groups excluding carboxylic acids is 2. The molecule has 0 fully saturated rings. The van der Waals surface area contributed by atoms with Gasteiger partial charge in [-0.2, -0.15) is 5.10 Å². The second-order valence-corrected chi connectivity index (χ2v) is 11.9. The Morgan fingerprint density at radius 2 is 1.57 bits per heavy atom.